The minimum absolute atomic E-state index is 0.0755. The number of rotatable bonds is 10. The Morgan fingerprint density at radius 3 is 2.64 bits per heavy atom. The van der Waals surface area contributed by atoms with Crippen molar-refractivity contribution in [2.24, 2.45) is 5.41 Å². The lowest BCUT2D eigenvalue weighted by atomic mass is 9.82. The summed E-state index contributed by atoms with van der Waals surface area (Å²) in [5, 5.41) is 18.5. The molecule has 7 nitrogen and oxygen atoms in total. The second-order valence-electron chi connectivity index (χ2n) is 6.94. The number of carbonyl (C=O) groups is 3. The Bertz CT molecular complexity index is 510. The van der Waals surface area contributed by atoms with E-state index in [4.69, 9.17) is 0 Å². The standard InChI is InChI=1S/C17H29N3O4S/c1-3-17(4-2,15(22)23)10-18-13(21)8-6-5-7-12-14-11(9-25-12)19-16(24)20-14/h11-12,14H,3-10H2,1-2H3,(H,18,21)(H,22,23)(H2,19,20,24)/t11-,12-,14-/m0/s1. The predicted octanol–water partition coefficient (Wildman–Crippen LogP) is 1.72. The van der Waals surface area contributed by atoms with Gasteiger partial charge in [0.25, 0.3) is 0 Å². The third-order valence-electron chi connectivity index (χ3n) is 5.51. The molecule has 2 fully saturated rings. The van der Waals surface area contributed by atoms with Crippen molar-refractivity contribution in [1.29, 1.82) is 0 Å². The van der Waals surface area contributed by atoms with E-state index in [0.717, 1.165) is 25.0 Å². The molecule has 2 aliphatic heterocycles. The lowest BCUT2D eigenvalue weighted by Gasteiger charge is -2.26. The van der Waals surface area contributed by atoms with Crippen LogP contribution < -0.4 is 16.0 Å². The maximum Gasteiger partial charge on any atom is 0.315 e. The Hall–Kier alpha value is -1.44. The molecule has 0 radical (unpaired) electrons. The molecule has 0 unspecified atom stereocenters. The van der Waals surface area contributed by atoms with Gasteiger partial charge < -0.3 is 21.1 Å². The first-order chi connectivity index (χ1) is 11.9. The molecule has 0 aromatic carbocycles. The fraction of sp³-hybridized carbons (Fsp3) is 0.824. The summed E-state index contributed by atoms with van der Waals surface area (Å²) in [5.74, 6) is 0.0120. The van der Waals surface area contributed by atoms with E-state index in [1.165, 1.54) is 0 Å². The lowest BCUT2D eigenvalue weighted by molar-refractivity contribution is -0.149. The largest absolute Gasteiger partial charge is 0.481 e. The van der Waals surface area contributed by atoms with Gasteiger partial charge in [0.15, 0.2) is 0 Å². The number of nitrogens with one attached hydrogen (secondary N) is 3. The van der Waals surface area contributed by atoms with Crippen LogP contribution in [0.15, 0.2) is 0 Å². The van der Waals surface area contributed by atoms with E-state index in [-0.39, 0.29) is 30.6 Å². The molecule has 0 spiro atoms. The zero-order valence-corrected chi connectivity index (χ0v) is 15.8. The van der Waals surface area contributed by atoms with E-state index in [1.54, 1.807) is 0 Å². The summed E-state index contributed by atoms with van der Waals surface area (Å²) in [5.41, 5.74) is -0.862. The first-order valence-corrected chi connectivity index (χ1v) is 10.2. The zero-order valence-electron chi connectivity index (χ0n) is 15.0. The smallest absolute Gasteiger partial charge is 0.315 e. The highest BCUT2D eigenvalue weighted by Crippen LogP contribution is 2.33. The van der Waals surface area contributed by atoms with Crippen LogP contribution >= 0.6 is 11.8 Å². The van der Waals surface area contributed by atoms with Crippen LogP contribution in [0.4, 0.5) is 4.79 Å². The van der Waals surface area contributed by atoms with Crippen LogP contribution in [-0.2, 0) is 9.59 Å². The summed E-state index contributed by atoms with van der Waals surface area (Å²) in [4.78, 5) is 34.8. The van der Waals surface area contributed by atoms with Crippen LogP contribution in [0.3, 0.4) is 0 Å². The number of carbonyl (C=O) groups excluding carboxylic acids is 2. The highest BCUT2D eigenvalue weighted by molar-refractivity contribution is 8.00. The average Bonchev–Trinajstić information content (AvgIpc) is 3.12. The van der Waals surface area contributed by atoms with E-state index < -0.39 is 11.4 Å². The number of thioether (sulfide) groups is 1. The van der Waals surface area contributed by atoms with Crippen LogP contribution in [0.25, 0.3) is 0 Å². The lowest BCUT2D eigenvalue weighted by Crippen LogP contribution is -2.42. The minimum Gasteiger partial charge on any atom is -0.481 e. The van der Waals surface area contributed by atoms with Crippen molar-refractivity contribution >= 4 is 29.7 Å². The maximum atomic E-state index is 12.0. The summed E-state index contributed by atoms with van der Waals surface area (Å²) >= 11 is 1.88. The molecule has 0 aromatic rings. The van der Waals surface area contributed by atoms with Crippen LogP contribution in [0.5, 0.6) is 0 Å². The summed E-state index contributed by atoms with van der Waals surface area (Å²) in [7, 11) is 0. The van der Waals surface area contributed by atoms with Crippen molar-refractivity contribution in [3.8, 4) is 0 Å². The van der Waals surface area contributed by atoms with Gasteiger partial charge in [0.1, 0.15) is 0 Å². The molecule has 4 N–H and O–H groups in total. The second-order valence-corrected chi connectivity index (χ2v) is 8.21. The molecule has 142 valence electrons. The van der Waals surface area contributed by atoms with Gasteiger partial charge in [-0.3, -0.25) is 9.59 Å². The third-order valence-corrected chi connectivity index (χ3v) is 7.02. The second kappa shape index (κ2) is 8.78. The quantitative estimate of drug-likeness (QED) is 0.345. The molecule has 2 saturated heterocycles. The van der Waals surface area contributed by atoms with E-state index in [1.807, 2.05) is 25.6 Å². The maximum absolute atomic E-state index is 12.0. The molecule has 3 atom stereocenters. The third kappa shape index (κ3) is 4.80. The molecule has 0 aromatic heterocycles. The van der Waals surface area contributed by atoms with Crippen LogP contribution in [0.2, 0.25) is 0 Å². The fourth-order valence-electron chi connectivity index (χ4n) is 3.51. The Kier molecular flexibility index (Phi) is 6.98. The van der Waals surface area contributed by atoms with Crippen LogP contribution in [0.1, 0.15) is 52.4 Å². The summed E-state index contributed by atoms with van der Waals surface area (Å²) < 4.78 is 0. The van der Waals surface area contributed by atoms with Crippen LogP contribution in [0, 0.1) is 5.41 Å². The molecule has 2 heterocycles. The Labute approximate surface area is 153 Å². The van der Waals surface area contributed by atoms with Gasteiger partial charge in [0.2, 0.25) is 5.91 Å². The van der Waals surface area contributed by atoms with Crippen molar-refractivity contribution < 1.29 is 19.5 Å². The van der Waals surface area contributed by atoms with Gasteiger partial charge in [-0.05, 0) is 25.7 Å². The van der Waals surface area contributed by atoms with Gasteiger partial charge in [-0.15, -0.1) is 0 Å². The molecule has 2 rings (SSSR count). The topological polar surface area (TPSA) is 108 Å². The molecule has 0 saturated carbocycles. The Morgan fingerprint density at radius 2 is 2.00 bits per heavy atom. The van der Waals surface area contributed by atoms with Gasteiger partial charge in [0, 0.05) is 24.0 Å². The molecular formula is C17H29N3O4S. The van der Waals surface area contributed by atoms with Gasteiger partial charge in [-0.1, -0.05) is 20.3 Å². The van der Waals surface area contributed by atoms with E-state index in [9.17, 15) is 19.5 Å². The van der Waals surface area contributed by atoms with Gasteiger partial charge in [-0.2, -0.15) is 11.8 Å². The van der Waals surface area contributed by atoms with Crippen molar-refractivity contribution in [2.75, 3.05) is 12.3 Å². The highest BCUT2D eigenvalue weighted by atomic mass is 32.2. The summed E-state index contributed by atoms with van der Waals surface area (Å²) in [6.45, 7) is 3.87. The predicted molar refractivity (Wildman–Crippen MR) is 97.6 cm³/mol. The molecule has 0 bridgehead atoms. The van der Waals surface area contributed by atoms with Gasteiger partial charge in [0.05, 0.1) is 17.5 Å². The zero-order chi connectivity index (χ0) is 18.4. The fourth-order valence-corrected chi connectivity index (χ4v) is 5.05. The molecule has 2 aliphatic rings. The Morgan fingerprint density at radius 1 is 1.28 bits per heavy atom. The molecule has 3 amide bonds. The monoisotopic (exact) mass is 371 g/mol. The molecule has 8 heteroatoms. The first-order valence-electron chi connectivity index (χ1n) is 9.10. The van der Waals surface area contributed by atoms with Gasteiger partial charge >= 0.3 is 12.0 Å². The number of aliphatic carboxylic acids is 1. The number of urea groups is 1. The number of carboxylic acids is 1. The SMILES string of the molecule is CCC(CC)(CNC(=O)CCCC[C@@H]1SC[C@@H]2NC(=O)N[C@@H]21)C(=O)O. The number of unbranched alkanes of at least 4 members (excludes halogenated alkanes) is 1. The van der Waals surface area contributed by atoms with Crippen molar-refractivity contribution in [1.82, 2.24) is 16.0 Å². The summed E-state index contributed by atoms with van der Waals surface area (Å²) in [6.07, 6.45) is 4.10. The molecule has 0 aliphatic carbocycles. The van der Waals surface area contributed by atoms with E-state index in [0.29, 0.717) is 24.5 Å². The normalized spacial score (nSPS) is 25.2. The molecule has 25 heavy (non-hydrogen) atoms. The van der Waals surface area contributed by atoms with Crippen molar-refractivity contribution in [3.05, 3.63) is 0 Å². The number of amides is 3. The average molecular weight is 372 g/mol. The Balaban J connectivity index is 1.64. The van der Waals surface area contributed by atoms with Gasteiger partial charge in [-0.25, -0.2) is 4.79 Å². The molecular weight excluding hydrogens is 342 g/mol. The number of fused-ring (bicyclic) bond motifs is 1. The number of carboxylic acid groups (broad SMARTS) is 1. The minimum atomic E-state index is -0.862. The van der Waals surface area contributed by atoms with E-state index in [2.05, 4.69) is 16.0 Å². The number of hydrogen-bond donors (Lipinski definition) is 4. The summed E-state index contributed by atoms with van der Waals surface area (Å²) in [6, 6.07) is 0.364. The highest BCUT2D eigenvalue weighted by Gasteiger charge is 2.42. The van der Waals surface area contributed by atoms with Crippen LogP contribution in [-0.4, -0.2) is 52.6 Å². The van der Waals surface area contributed by atoms with Crippen molar-refractivity contribution in [3.63, 3.8) is 0 Å². The van der Waals surface area contributed by atoms with Crippen molar-refractivity contribution in [2.45, 2.75) is 69.7 Å². The number of hydrogen-bond acceptors (Lipinski definition) is 4. The van der Waals surface area contributed by atoms with E-state index >= 15 is 0 Å². The first kappa shape index (κ1) is 19.9.